The Balaban J connectivity index is 2.51. The molecule has 0 unspecified atom stereocenters. The molecule has 56 valence electrons. The van der Waals surface area contributed by atoms with E-state index in [1.165, 1.54) is 17.8 Å². The van der Waals surface area contributed by atoms with Crippen molar-refractivity contribution in [3.63, 3.8) is 0 Å². The fraction of sp³-hybridized carbons (Fsp3) is 0. The van der Waals surface area contributed by atoms with Crippen LogP contribution in [-0.2, 0) is 4.79 Å². The van der Waals surface area contributed by atoms with E-state index in [1.807, 2.05) is 30.3 Å². The zero-order valence-corrected chi connectivity index (χ0v) is 6.75. The first-order chi connectivity index (χ1) is 5.43. The van der Waals surface area contributed by atoms with Gasteiger partial charge in [-0.15, -0.1) is 0 Å². The number of hydrogen-bond donors (Lipinski definition) is 0. The summed E-state index contributed by atoms with van der Waals surface area (Å²) in [7, 11) is 0. The number of hydrogen-bond acceptors (Lipinski definition) is 2. The van der Waals surface area contributed by atoms with Crippen molar-refractivity contribution in [1.82, 2.24) is 0 Å². The molecule has 0 amide bonds. The Kier molecular flexibility index (Phi) is 3.48. The first-order valence-corrected chi connectivity index (χ1v) is 4.13. The summed E-state index contributed by atoms with van der Waals surface area (Å²) < 4.78 is 0. The van der Waals surface area contributed by atoms with Gasteiger partial charge in [-0.05, 0) is 23.6 Å². The Morgan fingerprint density at radius 3 is 2.55 bits per heavy atom. The average molecular weight is 164 g/mol. The number of benzene rings is 1. The van der Waals surface area contributed by atoms with Crippen LogP contribution in [0.1, 0.15) is 0 Å². The van der Waals surface area contributed by atoms with Gasteiger partial charge in [0.2, 0.25) is 0 Å². The van der Waals surface area contributed by atoms with E-state index in [0.717, 1.165) is 11.2 Å². The molecule has 0 N–H and O–H groups in total. The van der Waals surface area contributed by atoms with Gasteiger partial charge in [-0.25, -0.2) is 0 Å². The van der Waals surface area contributed by atoms with Crippen LogP contribution in [0, 0.1) is 0 Å². The van der Waals surface area contributed by atoms with E-state index >= 15 is 0 Å². The summed E-state index contributed by atoms with van der Waals surface area (Å²) in [5, 5.41) is 1.77. The molecule has 0 heterocycles. The molecule has 0 aliphatic carbocycles. The van der Waals surface area contributed by atoms with Crippen LogP contribution in [0.3, 0.4) is 0 Å². The van der Waals surface area contributed by atoms with Gasteiger partial charge in [-0.3, -0.25) is 4.79 Å². The van der Waals surface area contributed by atoms with E-state index in [2.05, 4.69) is 0 Å². The van der Waals surface area contributed by atoms with E-state index in [1.54, 1.807) is 5.41 Å². The Morgan fingerprint density at radius 1 is 1.18 bits per heavy atom. The third kappa shape index (κ3) is 3.05. The highest BCUT2D eigenvalue weighted by Crippen LogP contribution is 2.17. The zero-order chi connectivity index (χ0) is 7.94. The summed E-state index contributed by atoms with van der Waals surface area (Å²) in [4.78, 5) is 11.0. The van der Waals surface area contributed by atoms with Crippen molar-refractivity contribution in [3.8, 4) is 0 Å². The molecule has 0 aliphatic rings. The Hall–Kier alpha value is -1.02. The predicted molar refractivity (Wildman–Crippen MR) is 47.5 cm³/mol. The van der Waals surface area contributed by atoms with Crippen molar-refractivity contribution in [2.45, 2.75) is 4.90 Å². The highest BCUT2D eigenvalue weighted by Gasteiger charge is 1.84. The highest BCUT2D eigenvalue weighted by molar-refractivity contribution is 8.02. The van der Waals surface area contributed by atoms with Crippen LogP contribution in [0.2, 0.25) is 0 Å². The van der Waals surface area contributed by atoms with E-state index < -0.39 is 0 Å². The lowest BCUT2D eigenvalue weighted by molar-refractivity contribution is -0.104. The minimum Gasteiger partial charge on any atom is -0.299 e. The zero-order valence-electron chi connectivity index (χ0n) is 5.94. The van der Waals surface area contributed by atoms with Crippen LogP contribution < -0.4 is 0 Å². The molecule has 1 aromatic rings. The predicted octanol–water partition coefficient (Wildman–Crippen LogP) is 2.49. The molecule has 1 rings (SSSR count). The molecule has 0 fully saturated rings. The molecule has 1 nitrogen and oxygen atoms in total. The maximum atomic E-state index is 9.89. The standard InChI is InChI=1S/C9H8OS/c10-7-4-8-11-9-5-2-1-3-6-9/h1-8H. The first kappa shape index (κ1) is 8.08. The van der Waals surface area contributed by atoms with Crippen LogP contribution in [0.15, 0.2) is 46.7 Å². The largest absolute Gasteiger partial charge is 0.299 e. The molecule has 1 aromatic carbocycles. The summed E-state index contributed by atoms with van der Waals surface area (Å²) in [6, 6.07) is 9.90. The lowest BCUT2D eigenvalue weighted by atomic mass is 10.4. The van der Waals surface area contributed by atoms with Crippen molar-refractivity contribution in [2.75, 3.05) is 0 Å². The molecule has 0 atom stereocenters. The molecule has 0 aromatic heterocycles. The van der Waals surface area contributed by atoms with E-state index in [4.69, 9.17) is 0 Å². The normalized spacial score (nSPS) is 10.2. The van der Waals surface area contributed by atoms with Gasteiger partial charge in [-0.1, -0.05) is 30.0 Å². The minimum atomic E-state index is 0.774. The molecule has 2 heteroatoms. The number of thioether (sulfide) groups is 1. The second-order valence-electron chi connectivity index (χ2n) is 1.90. The highest BCUT2D eigenvalue weighted by atomic mass is 32.2. The number of allylic oxidation sites excluding steroid dienone is 1. The smallest absolute Gasteiger partial charge is 0.143 e. The maximum absolute atomic E-state index is 9.89. The summed E-state index contributed by atoms with van der Waals surface area (Å²) >= 11 is 1.53. The summed E-state index contributed by atoms with van der Waals surface area (Å²) in [5.74, 6) is 0. The van der Waals surface area contributed by atoms with E-state index in [-0.39, 0.29) is 0 Å². The molecule has 11 heavy (non-hydrogen) atoms. The second-order valence-corrected chi connectivity index (χ2v) is 2.87. The first-order valence-electron chi connectivity index (χ1n) is 3.25. The van der Waals surface area contributed by atoms with E-state index in [0.29, 0.717) is 0 Å². The number of carbonyl (C=O) groups excluding carboxylic acids is 1. The summed E-state index contributed by atoms with van der Waals surface area (Å²) in [6.45, 7) is 0. The molecule has 0 bridgehead atoms. The second kappa shape index (κ2) is 4.74. The quantitative estimate of drug-likeness (QED) is 0.388. The Labute approximate surface area is 70.1 Å². The van der Waals surface area contributed by atoms with Gasteiger partial charge in [0.15, 0.2) is 0 Å². The van der Waals surface area contributed by atoms with Crippen LogP contribution in [0.4, 0.5) is 0 Å². The average Bonchev–Trinajstić information content (AvgIpc) is 2.07. The third-order valence-corrected chi connectivity index (χ3v) is 1.94. The topological polar surface area (TPSA) is 17.1 Å². The van der Waals surface area contributed by atoms with Crippen LogP contribution in [0.5, 0.6) is 0 Å². The van der Waals surface area contributed by atoms with Crippen LogP contribution >= 0.6 is 11.8 Å². The molecular weight excluding hydrogens is 156 g/mol. The molecule has 0 aliphatic heterocycles. The van der Waals surface area contributed by atoms with Crippen LogP contribution in [-0.4, -0.2) is 6.29 Å². The lowest BCUT2D eigenvalue weighted by Gasteiger charge is -1.91. The van der Waals surface area contributed by atoms with Crippen LogP contribution in [0.25, 0.3) is 0 Å². The van der Waals surface area contributed by atoms with Gasteiger partial charge in [0.1, 0.15) is 6.29 Å². The molecular formula is C9H8OS. The summed E-state index contributed by atoms with van der Waals surface area (Å²) in [6.07, 6.45) is 2.26. The Bertz CT molecular complexity index is 241. The van der Waals surface area contributed by atoms with Gasteiger partial charge in [0.05, 0.1) is 0 Å². The number of carbonyl (C=O) groups is 1. The number of aldehydes is 1. The van der Waals surface area contributed by atoms with E-state index in [9.17, 15) is 4.79 Å². The molecule has 0 spiro atoms. The Morgan fingerprint density at radius 2 is 1.91 bits per heavy atom. The fourth-order valence-corrected chi connectivity index (χ4v) is 1.26. The van der Waals surface area contributed by atoms with Crippen molar-refractivity contribution >= 4 is 18.0 Å². The van der Waals surface area contributed by atoms with Crippen molar-refractivity contribution in [3.05, 3.63) is 41.8 Å². The van der Waals surface area contributed by atoms with Gasteiger partial charge in [0.25, 0.3) is 0 Å². The third-order valence-electron chi connectivity index (χ3n) is 1.10. The fourth-order valence-electron chi connectivity index (χ4n) is 0.649. The maximum Gasteiger partial charge on any atom is 0.143 e. The van der Waals surface area contributed by atoms with Gasteiger partial charge >= 0.3 is 0 Å². The lowest BCUT2D eigenvalue weighted by Crippen LogP contribution is -1.64. The van der Waals surface area contributed by atoms with Gasteiger partial charge < -0.3 is 0 Å². The minimum absolute atomic E-state index is 0.774. The monoisotopic (exact) mass is 164 g/mol. The molecule has 0 saturated heterocycles. The van der Waals surface area contributed by atoms with Crippen molar-refractivity contribution in [1.29, 1.82) is 0 Å². The van der Waals surface area contributed by atoms with Crippen molar-refractivity contribution in [2.24, 2.45) is 0 Å². The van der Waals surface area contributed by atoms with Crippen molar-refractivity contribution < 1.29 is 4.79 Å². The SMILES string of the molecule is O=CC=CSc1ccccc1. The number of rotatable bonds is 3. The van der Waals surface area contributed by atoms with Gasteiger partial charge in [0, 0.05) is 4.90 Å². The van der Waals surface area contributed by atoms with Gasteiger partial charge in [-0.2, -0.15) is 0 Å². The molecule has 0 saturated carbocycles. The molecule has 0 radical (unpaired) electrons. The summed E-state index contributed by atoms with van der Waals surface area (Å²) in [5.41, 5.74) is 0.